The van der Waals surface area contributed by atoms with Crippen molar-refractivity contribution in [1.29, 1.82) is 0 Å². The second-order valence-electron chi connectivity index (χ2n) is 7.19. The van der Waals surface area contributed by atoms with Gasteiger partial charge in [0, 0.05) is 33.2 Å². The van der Waals surface area contributed by atoms with Gasteiger partial charge in [-0.3, -0.25) is 9.59 Å². The highest BCUT2D eigenvalue weighted by atomic mass is 16.7. The number of hydrogen-bond acceptors (Lipinski definition) is 10. The van der Waals surface area contributed by atoms with Crippen LogP contribution in [0, 0.1) is 0 Å². The van der Waals surface area contributed by atoms with Crippen LogP contribution in [-0.2, 0) is 42.7 Å². The fourth-order valence-corrected chi connectivity index (χ4v) is 2.43. The molecule has 0 aliphatic rings. The highest BCUT2D eigenvalue weighted by Gasteiger charge is 2.14. The summed E-state index contributed by atoms with van der Waals surface area (Å²) in [6.45, 7) is 10.1. The van der Waals surface area contributed by atoms with Crippen molar-refractivity contribution in [2.45, 2.75) is 52.2 Å². The first-order chi connectivity index (χ1) is 16.4. The van der Waals surface area contributed by atoms with Crippen molar-refractivity contribution in [3.05, 3.63) is 0 Å². The molecule has 12 nitrogen and oxygen atoms in total. The van der Waals surface area contributed by atoms with E-state index < -0.39 is 6.04 Å². The van der Waals surface area contributed by atoms with Crippen LogP contribution in [0.4, 0.5) is 0 Å². The molecule has 3 unspecified atom stereocenters. The maximum absolute atomic E-state index is 12.0. The highest BCUT2D eigenvalue weighted by Crippen LogP contribution is 1.96. The van der Waals surface area contributed by atoms with Crippen LogP contribution in [0.2, 0.25) is 0 Å². The third-order valence-electron chi connectivity index (χ3n) is 4.41. The Morgan fingerprint density at radius 1 is 0.765 bits per heavy atom. The lowest BCUT2D eigenvalue weighted by Gasteiger charge is -2.15. The summed E-state index contributed by atoms with van der Waals surface area (Å²) in [5.74, 6) is -0.467. The number of ether oxygens (including phenoxy) is 7. The average molecular weight is 496 g/mol. The van der Waals surface area contributed by atoms with Crippen LogP contribution in [0.3, 0.4) is 0 Å². The molecule has 202 valence electrons. The number of nitrogens with one attached hydrogen (secondary N) is 2. The molecule has 34 heavy (non-hydrogen) atoms. The Morgan fingerprint density at radius 3 is 1.88 bits per heavy atom. The van der Waals surface area contributed by atoms with E-state index in [1.54, 1.807) is 14.0 Å². The highest BCUT2D eigenvalue weighted by molar-refractivity contribution is 5.82. The Balaban J connectivity index is 3.51. The lowest BCUT2D eigenvalue weighted by atomic mass is 10.1. The second kappa shape index (κ2) is 23.4. The quantitative estimate of drug-likeness (QED) is 0.121. The molecule has 4 N–H and O–H groups in total. The Kier molecular flexibility index (Phi) is 22.4. The van der Waals surface area contributed by atoms with Gasteiger partial charge in [-0.25, -0.2) is 0 Å². The monoisotopic (exact) mass is 495 g/mol. The van der Waals surface area contributed by atoms with Crippen LogP contribution in [0.5, 0.6) is 0 Å². The van der Waals surface area contributed by atoms with Crippen molar-refractivity contribution in [3.8, 4) is 0 Å². The van der Waals surface area contributed by atoms with E-state index in [2.05, 4.69) is 10.6 Å². The molecule has 0 spiro atoms. The SMILES string of the molecule is CCOCCNC(=O)CCC(N)C(=O)NCCOCCOC(C)OCCOCCOC(C)OC. The zero-order valence-corrected chi connectivity index (χ0v) is 21.2. The minimum absolute atomic E-state index is 0.153. The summed E-state index contributed by atoms with van der Waals surface area (Å²) >= 11 is 0. The van der Waals surface area contributed by atoms with Crippen LogP contribution in [0.15, 0.2) is 0 Å². The van der Waals surface area contributed by atoms with Gasteiger partial charge in [0.05, 0.1) is 58.9 Å². The van der Waals surface area contributed by atoms with E-state index in [4.69, 9.17) is 38.9 Å². The first kappa shape index (κ1) is 32.6. The number of methoxy groups -OCH3 is 1. The Labute approximate surface area is 203 Å². The smallest absolute Gasteiger partial charge is 0.237 e. The fraction of sp³-hybridized carbons (Fsp3) is 0.909. The van der Waals surface area contributed by atoms with Gasteiger partial charge in [-0.1, -0.05) is 0 Å². The molecule has 0 aliphatic heterocycles. The van der Waals surface area contributed by atoms with Gasteiger partial charge >= 0.3 is 0 Å². The normalized spacial score (nSPS) is 13.9. The average Bonchev–Trinajstić information content (AvgIpc) is 2.83. The molecule has 0 saturated carbocycles. The van der Waals surface area contributed by atoms with Gasteiger partial charge in [0.25, 0.3) is 0 Å². The number of carbonyl (C=O) groups is 2. The van der Waals surface area contributed by atoms with Crippen molar-refractivity contribution >= 4 is 11.8 Å². The van der Waals surface area contributed by atoms with Crippen molar-refractivity contribution in [2.75, 3.05) is 79.7 Å². The van der Waals surface area contributed by atoms with E-state index >= 15 is 0 Å². The van der Waals surface area contributed by atoms with E-state index in [0.717, 1.165) is 0 Å². The van der Waals surface area contributed by atoms with Crippen LogP contribution in [0.1, 0.15) is 33.6 Å². The maximum atomic E-state index is 12.0. The predicted molar refractivity (Wildman–Crippen MR) is 125 cm³/mol. The van der Waals surface area contributed by atoms with Crippen LogP contribution >= 0.6 is 0 Å². The molecule has 0 aromatic heterocycles. The van der Waals surface area contributed by atoms with Crippen molar-refractivity contribution in [2.24, 2.45) is 5.73 Å². The summed E-state index contributed by atoms with van der Waals surface area (Å²) in [6.07, 6.45) is -0.176. The molecular weight excluding hydrogens is 450 g/mol. The van der Waals surface area contributed by atoms with Gasteiger partial charge in [0.1, 0.15) is 0 Å². The summed E-state index contributed by atoms with van der Waals surface area (Å²) in [5.41, 5.74) is 5.82. The van der Waals surface area contributed by atoms with Crippen molar-refractivity contribution in [1.82, 2.24) is 10.6 Å². The molecule has 0 saturated heterocycles. The lowest BCUT2D eigenvalue weighted by Crippen LogP contribution is -2.42. The van der Waals surface area contributed by atoms with Crippen molar-refractivity contribution < 1.29 is 42.7 Å². The number of carbonyl (C=O) groups excluding carboxylic acids is 2. The molecule has 0 rings (SSSR count). The molecule has 0 aliphatic carbocycles. The molecule has 3 atom stereocenters. The molecule has 0 aromatic rings. The zero-order chi connectivity index (χ0) is 25.4. The zero-order valence-electron chi connectivity index (χ0n) is 21.2. The standard InChI is InChI=1S/C22H45N3O9/c1-5-29-10-8-24-21(26)7-6-20(23)22(27)25-9-11-30-12-16-33-19(3)34-17-14-31-13-15-32-18(2)28-4/h18-20H,5-17,23H2,1-4H3,(H,24,26)(H,25,27). The number of rotatable bonds is 24. The van der Waals surface area contributed by atoms with Gasteiger partial charge in [-0.15, -0.1) is 0 Å². The van der Waals surface area contributed by atoms with Gasteiger partial charge in [0.15, 0.2) is 12.6 Å². The summed E-state index contributed by atoms with van der Waals surface area (Å²) in [7, 11) is 1.58. The minimum Gasteiger partial charge on any atom is -0.380 e. The van der Waals surface area contributed by atoms with Gasteiger partial charge in [-0.2, -0.15) is 0 Å². The number of hydrogen-bond donors (Lipinski definition) is 3. The van der Waals surface area contributed by atoms with E-state index in [0.29, 0.717) is 72.6 Å². The molecule has 0 bridgehead atoms. The van der Waals surface area contributed by atoms with Crippen molar-refractivity contribution in [3.63, 3.8) is 0 Å². The summed E-state index contributed by atoms with van der Waals surface area (Å²) in [5, 5.41) is 5.40. The predicted octanol–water partition coefficient (Wildman–Crippen LogP) is -0.216. The van der Waals surface area contributed by atoms with Crippen LogP contribution in [-0.4, -0.2) is 110 Å². The van der Waals surface area contributed by atoms with Gasteiger partial charge in [-0.05, 0) is 27.2 Å². The third kappa shape index (κ3) is 21.2. The second-order valence-corrected chi connectivity index (χ2v) is 7.19. The number of nitrogens with two attached hydrogens (primary N) is 1. The number of amides is 2. The van der Waals surface area contributed by atoms with E-state index in [1.807, 2.05) is 13.8 Å². The topological polar surface area (TPSA) is 149 Å². The van der Waals surface area contributed by atoms with Gasteiger partial charge in [0.2, 0.25) is 11.8 Å². The van der Waals surface area contributed by atoms with E-state index in [-0.39, 0.29) is 37.2 Å². The largest absolute Gasteiger partial charge is 0.380 e. The van der Waals surface area contributed by atoms with Gasteiger partial charge < -0.3 is 49.5 Å². The van der Waals surface area contributed by atoms with E-state index in [9.17, 15) is 9.59 Å². The molecule has 0 fully saturated rings. The molecule has 0 heterocycles. The summed E-state index contributed by atoms with van der Waals surface area (Å²) in [4.78, 5) is 23.6. The molecule has 0 radical (unpaired) electrons. The maximum Gasteiger partial charge on any atom is 0.237 e. The Hall–Kier alpha value is -1.38. The molecule has 2 amide bonds. The van der Waals surface area contributed by atoms with E-state index in [1.165, 1.54) is 0 Å². The van der Waals surface area contributed by atoms with Crippen LogP contribution in [0.25, 0.3) is 0 Å². The Morgan fingerprint density at radius 2 is 1.29 bits per heavy atom. The minimum atomic E-state index is -0.746. The molecular formula is C22H45N3O9. The summed E-state index contributed by atoms with van der Waals surface area (Å²) < 4.78 is 37.1. The summed E-state index contributed by atoms with van der Waals surface area (Å²) in [6, 6.07) is -0.746. The Bertz CT molecular complexity index is 500. The lowest BCUT2D eigenvalue weighted by molar-refractivity contribution is -0.151. The third-order valence-corrected chi connectivity index (χ3v) is 4.41. The van der Waals surface area contributed by atoms with Crippen LogP contribution < -0.4 is 16.4 Å². The molecule has 12 heteroatoms. The first-order valence-electron chi connectivity index (χ1n) is 11.8. The molecule has 0 aromatic carbocycles. The fourth-order valence-electron chi connectivity index (χ4n) is 2.43. The first-order valence-corrected chi connectivity index (χ1v) is 11.8.